The fourth-order valence-electron chi connectivity index (χ4n) is 5.46. The van der Waals surface area contributed by atoms with Crippen LogP contribution in [0.5, 0.6) is 0 Å². The van der Waals surface area contributed by atoms with Gasteiger partial charge in [0.25, 0.3) is 5.69 Å². The van der Waals surface area contributed by atoms with E-state index in [0.717, 1.165) is 25.7 Å². The second kappa shape index (κ2) is 4.43. The summed E-state index contributed by atoms with van der Waals surface area (Å²) in [4.78, 5) is 10.8. The van der Waals surface area contributed by atoms with Crippen molar-refractivity contribution in [1.82, 2.24) is 0 Å². The van der Waals surface area contributed by atoms with Crippen molar-refractivity contribution in [3.05, 3.63) is 39.4 Å². The third-order valence-corrected chi connectivity index (χ3v) is 5.72. The van der Waals surface area contributed by atoms with Gasteiger partial charge in [0, 0.05) is 17.7 Å². The van der Waals surface area contributed by atoms with Gasteiger partial charge in [-0.15, -0.1) is 12.4 Å². The molecular weight excluding hydrogens is 288 g/mol. The highest BCUT2D eigenvalue weighted by atomic mass is 35.5. The molecule has 4 nitrogen and oxygen atoms in total. The van der Waals surface area contributed by atoms with Crippen molar-refractivity contribution in [2.24, 2.45) is 11.1 Å². The minimum absolute atomic E-state index is 0. The molecule has 4 atom stereocenters. The Bertz CT molecular complexity index is 600. The van der Waals surface area contributed by atoms with E-state index in [0.29, 0.717) is 17.3 Å². The smallest absolute Gasteiger partial charge is 0.269 e. The first kappa shape index (κ1) is 14.8. The highest BCUT2D eigenvalue weighted by Crippen LogP contribution is 2.62. The molecule has 4 aliphatic rings. The first-order valence-corrected chi connectivity index (χ1v) is 7.45. The molecule has 114 valence electrons. The summed E-state index contributed by atoms with van der Waals surface area (Å²) in [7, 11) is 0. The molecule has 5 rings (SSSR count). The van der Waals surface area contributed by atoms with Crippen molar-refractivity contribution in [2.45, 2.75) is 56.4 Å². The molecule has 0 aliphatic heterocycles. The Morgan fingerprint density at radius 3 is 2.38 bits per heavy atom. The first-order valence-electron chi connectivity index (χ1n) is 7.45. The summed E-state index contributed by atoms with van der Waals surface area (Å²) in [5.74, 6) is 0.892. The number of hydrogen-bond donors (Lipinski definition) is 1. The van der Waals surface area contributed by atoms with Crippen LogP contribution in [-0.4, -0.2) is 10.5 Å². The summed E-state index contributed by atoms with van der Waals surface area (Å²) in [5, 5.41) is 11.0. The third kappa shape index (κ3) is 2.16. The molecule has 2 N–H and O–H groups in total. The van der Waals surface area contributed by atoms with E-state index in [1.165, 1.54) is 17.5 Å². The van der Waals surface area contributed by atoms with Gasteiger partial charge in [-0.3, -0.25) is 10.1 Å². The van der Waals surface area contributed by atoms with E-state index in [1.807, 2.05) is 12.1 Å². The third-order valence-electron chi connectivity index (χ3n) is 5.72. The molecule has 4 bridgehead atoms. The number of hydrogen-bond acceptors (Lipinski definition) is 3. The number of nitro benzene ring substituents is 1. The largest absolute Gasteiger partial charge is 0.325 e. The van der Waals surface area contributed by atoms with Crippen LogP contribution in [0.1, 0.15) is 62.0 Å². The highest BCUT2D eigenvalue weighted by molar-refractivity contribution is 5.85. The highest BCUT2D eigenvalue weighted by Gasteiger charge is 2.53. The van der Waals surface area contributed by atoms with Gasteiger partial charge in [0.1, 0.15) is 0 Å². The van der Waals surface area contributed by atoms with Crippen LogP contribution in [0.3, 0.4) is 0 Å². The molecule has 4 unspecified atom stereocenters. The molecule has 0 saturated heterocycles. The van der Waals surface area contributed by atoms with Crippen molar-refractivity contribution in [3.8, 4) is 0 Å². The Morgan fingerprint density at radius 1 is 1.19 bits per heavy atom. The van der Waals surface area contributed by atoms with E-state index < -0.39 is 0 Å². The first-order chi connectivity index (χ1) is 9.38. The average molecular weight is 309 g/mol. The molecule has 5 heteroatoms. The lowest BCUT2D eigenvalue weighted by atomic mass is 9.56. The molecule has 0 spiro atoms. The van der Waals surface area contributed by atoms with E-state index in [2.05, 4.69) is 6.92 Å². The number of benzene rings is 1. The second-order valence-corrected chi connectivity index (χ2v) is 7.63. The van der Waals surface area contributed by atoms with Crippen LogP contribution < -0.4 is 5.73 Å². The Hall–Kier alpha value is -1.13. The van der Waals surface area contributed by atoms with Gasteiger partial charge in [-0.2, -0.15) is 0 Å². The maximum atomic E-state index is 11.0. The number of nitrogens with zero attached hydrogens (tertiary/aromatic N) is 1. The average Bonchev–Trinajstić information content (AvgIpc) is 2.47. The summed E-state index contributed by atoms with van der Waals surface area (Å²) < 4.78 is 0. The van der Waals surface area contributed by atoms with Crippen molar-refractivity contribution in [2.75, 3.05) is 0 Å². The van der Waals surface area contributed by atoms with Gasteiger partial charge >= 0.3 is 0 Å². The molecule has 0 heterocycles. The van der Waals surface area contributed by atoms with Crippen molar-refractivity contribution >= 4 is 18.1 Å². The fraction of sp³-hybridized carbons (Fsp3) is 0.625. The summed E-state index contributed by atoms with van der Waals surface area (Å²) in [6.07, 6.45) is 5.48. The van der Waals surface area contributed by atoms with E-state index in [9.17, 15) is 10.1 Å². The minimum atomic E-state index is -0.282. The summed E-state index contributed by atoms with van der Waals surface area (Å²) in [6, 6.07) is 5.47. The van der Waals surface area contributed by atoms with Gasteiger partial charge in [0.15, 0.2) is 0 Å². The lowest BCUT2D eigenvalue weighted by Crippen LogP contribution is -2.52. The lowest BCUT2D eigenvalue weighted by Gasteiger charge is -2.52. The number of rotatable bonds is 1. The SMILES string of the molecule is CC12CC3CC(N)(CC(C1)c1cc([N+](=O)[O-])ccc13)C2.Cl. The molecule has 1 aromatic carbocycles. The zero-order valence-electron chi connectivity index (χ0n) is 12.2. The zero-order chi connectivity index (χ0) is 14.1. The lowest BCUT2D eigenvalue weighted by molar-refractivity contribution is -0.384. The summed E-state index contributed by atoms with van der Waals surface area (Å²) in [6.45, 7) is 2.35. The van der Waals surface area contributed by atoms with E-state index >= 15 is 0 Å². The maximum Gasteiger partial charge on any atom is 0.269 e. The van der Waals surface area contributed by atoms with Gasteiger partial charge in [-0.25, -0.2) is 0 Å². The molecule has 0 amide bonds. The van der Waals surface area contributed by atoms with Crippen LogP contribution in [-0.2, 0) is 0 Å². The minimum Gasteiger partial charge on any atom is -0.325 e. The Morgan fingerprint density at radius 2 is 1.81 bits per heavy atom. The van der Waals surface area contributed by atoms with Crippen molar-refractivity contribution in [1.29, 1.82) is 0 Å². The second-order valence-electron chi connectivity index (χ2n) is 7.63. The number of halogens is 1. The molecule has 0 radical (unpaired) electrons. The monoisotopic (exact) mass is 308 g/mol. The number of nitro groups is 1. The van der Waals surface area contributed by atoms with Gasteiger partial charge in [0.2, 0.25) is 0 Å². The fourth-order valence-corrected chi connectivity index (χ4v) is 5.46. The van der Waals surface area contributed by atoms with E-state index in [1.54, 1.807) is 6.07 Å². The summed E-state index contributed by atoms with van der Waals surface area (Å²) in [5.41, 5.74) is 9.66. The zero-order valence-corrected chi connectivity index (χ0v) is 13.0. The quantitative estimate of drug-likeness (QED) is 0.632. The maximum absolute atomic E-state index is 11.0. The van der Waals surface area contributed by atoms with Crippen LogP contribution in [0.4, 0.5) is 5.69 Å². The number of nitrogens with two attached hydrogens (primary N) is 1. The van der Waals surface area contributed by atoms with Gasteiger partial charge in [-0.05, 0) is 60.5 Å². The Kier molecular flexibility index (Phi) is 3.12. The van der Waals surface area contributed by atoms with Gasteiger partial charge < -0.3 is 5.73 Å². The predicted octanol–water partition coefficient (Wildman–Crippen LogP) is 3.88. The molecular formula is C16H21ClN2O2. The standard InChI is InChI=1S/C16H20N2O2.ClH/c1-15-5-10-7-16(17,9-15)8-11(6-15)14-4-12(18(19)20)2-3-13(10)14;/h2-4,10-11H,5-9,17H2,1H3;1H. The van der Waals surface area contributed by atoms with Crippen LogP contribution in [0.25, 0.3) is 0 Å². The predicted molar refractivity (Wildman–Crippen MR) is 83.9 cm³/mol. The molecule has 1 aromatic rings. The van der Waals surface area contributed by atoms with E-state index in [4.69, 9.17) is 5.73 Å². The molecule has 21 heavy (non-hydrogen) atoms. The Balaban J connectivity index is 0.00000132. The van der Waals surface area contributed by atoms with Crippen molar-refractivity contribution < 1.29 is 4.92 Å². The molecule has 2 fully saturated rings. The van der Waals surface area contributed by atoms with Crippen LogP contribution in [0.2, 0.25) is 0 Å². The van der Waals surface area contributed by atoms with Gasteiger partial charge in [-0.1, -0.05) is 13.0 Å². The molecule has 4 aliphatic carbocycles. The van der Waals surface area contributed by atoms with Gasteiger partial charge in [0.05, 0.1) is 4.92 Å². The number of non-ortho nitro benzene ring substituents is 1. The molecule has 2 saturated carbocycles. The molecule has 0 aromatic heterocycles. The van der Waals surface area contributed by atoms with Crippen molar-refractivity contribution in [3.63, 3.8) is 0 Å². The van der Waals surface area contributed by atoms with Crippen LogP contribution >= 0.6 is 12.4 Å². The topological polar surface area (TPSA) is 69.2 Å². The van der Waals surface area contributed by atoms with Crippen LogP contribution in [0, 0.1) is 15.5 Å². The summed E-state index contributed by atoms with van der Waals surface area (Å²) >= 11 is 0. The Labute approximate surface area is 130 Å². The normalized spacial score (nSPS) is 39.3. The van der Waals surface area contributed by atoms with E-state index in [-0.39, 0.29) is 28.6 Å². The van der Waals surface area contributed by atoms with Crippen LogP contribution in [0.15, 0.2) is 18.2 Å².